The van der Waals surface area contributed by atoms with E-state index in [0.29, 0.717) is 6.61 Å². The molecule has 0 saturated heterocycles. The predicted octanol–water partition coefficient (Wildman–Crippen LogP) is 2.69. The summed E-state index contributed by atoms with van der Waals surface area (Å²) in [5.41, 5.74) is 5.04. The van der Waals surface area contributed by atoms with Gasteiger partial charge in [-0.1, -0.05) is 39.0 Å². The second kappa shape index (κ2) is 11.2. The summed E-state index contributed by atoms with van der Waals surface area (Å²) in [6.07, 6.45) is 7.16. The first-order valence-corrected chi connectivity index (χ1v) is 6.53. The van der Waals surface area contributed by atoms with Gasteiger partial charge in [-0.05, 0) is 6.42 Å². The van der Waals surface area contributed by atoms with Gasteiger partial charge in [0.05, 0.1) is 6.61 Å². The summed E-state index contributed by atoms with van der Waals surface area (Å²) in [7, 11) is -2.31. The third-order valence-electron chi connectivity index (χ3n) is 1.92. The molecule has 0 amide bonds. The topological polar surface area (TPSA) is 61.5 Å². The maximum Gasteiger partial charge on any atom is 0.320 e. The van der Waals surface area contributed by atoms with E-state index in [4.69, 9.17) is 10.3 Å². The highest BCUT2D eigenvalue weighted by Gasteiger charge is 1.97. The van der Waals surface area contributed by atoms with E-state index in [1.165, 1.54) is 25.7 Å². The average Bonchev–Trinajstić information content (AvgIpc) is 2.17. The molecule has 5 heteroatoms. The number of rotatable bonds is 10. The molecule has 0 aromatic carbocycles. The zero-order chi connectivity index (χ0) is 10.6. The van der Waals surface area contributed by atoms with Crippen LogP contribution in [0, 0.1) is 0 Å². The molecule has 0 rings (SSSR count). The van der Waals surface area contributed by atoms with Crippen LogP contribution < -0.4 is 5.73 Å². The summed E-state index contributed by atoms with van der Waals surface area (Å²) in [6, 6.07) is 0. The Hall–Kier alpha value is 0.110. The molecule has 0 aromatic heterocycles. The van der Waals surface area contributed by atoms with Gasteiger partial charge in [-0.25, -0.2) is 0 Å². The quantitative estimate of drug-likeness (QED) is 0.351. The van der Waals surface area contributed by atoms with Gasteiger partial charge in [-0.15, -0.1) is 0 Å². The number of nitrogens with two attached hydrogens (primary N) is 1. The third kappa shape index (κ3) is 10.2. The standard InChI is InChI=1S/C9H22NO3P/c1-2-3-4-5-6-7-8-12-14(11)13-9-10/h14H,2-10H2,1H3. The summed E-state index contributed by atoms with van der Waals surface area (Å²) in [4.78, 5) is 0. The van der Waals surface area contributed by atoms with Crippen LogP contribution in [0.25, 0.3) is 0 Å². The molecule has 0 aliphatic carbocycles. The van der Waals surface area contributed by atoms with Crippen molar-refractivity contribution in [2.45, 2.75) is 45.4 Å². The number of hydrogen-bond acceptors (Lipinski definition) is 4. The van der Waals surface area contributed by atoms with Gasteiger partial charge in [0.25, 0.3) is 0 Å². The van der Waals surface area contributed by atoms with Crippen molar-refractivity contribution in [2.24, 2.45) is 5.73 Å². The molecular formula is C9H22NO3P. The van der Waals surface area contributed by atoms with Crippen molar-refractivity contribution in [3.63, 3.8) is 0 Å². The summed E-state index contributed by atoms with van der Waals surface area (Å²) < 4.78 is 20.4. The molecule has 1 unspecified atom stereocenters. The van der Waals surface area contributed by atoms with Crippen LogP contribution in [0.5, 0.6) is 0 Å². The van der Waals surface area contributed by atoms with Crippen molar-refractivity contribution in [1.29, 1.82) is 0 Å². The largest absolute Gasteiger partial charge is 0.320 e. The number of unbranched alkanes of at least 4 members (excludes halogenated alkanes) is 5. The minimum atomic E-state index is -2.31. The van der Waals surface area contributed by atoms with Gasteiger partial charge in [0, 0.05) is 0 Å². The molecule has 0 aliphatic heterocycles. The zero-order valence-corrected chi connectivity index (χ0v) is 9.96. The lowest BCUT2D eigenvalue weighted by molar-refractivity contribution is 0.226. The van der Waals surface area contributed by atoms with E-state index in [2.05, 4.69) is 11.4 Å². The van der Waals surface area contributed by atoms with Crippen LogP contribution in [0.4, 0.5) is 0 Å². The molecular weight excluding hydrogens is 201 g/mol. The van der Waals surface area contributed by atoms with Crippen LogP contribution in [0.1, 0.15) is 45.4 Å². The predicted molar refractivity (Wildman–Crippen MR) is 58.5 cm³/mol. The minimum absolute atomic E-state index is 0.0334. The van der Waals surface area contributed by atoms with Gasteiger partial charge in [0.2, 0.25) is 0 Å². The zero-order valence-electron chi connectivity index (χ0n) is 8.96. The van der Waals surface area contributed by atoms with Crippen LogP contribution in [-0.2, 0) is 13.6 Å². The lowest BCUT2D eigenvalue weighted by Gasteiger charge is -2.03. The van der Waals surface area contributed by atoms with Gasteiger partial charge in [0.15, 0.2) is 0 Å². The Balaban J connectivity index is 3.01. The number of hydrogen-bond donors (Lipinski definition) is 1. The van der Waals surface area contributed by atoms with Crippen LogP contribution >= 0.6 is 8.25 Å². The Morgan fingerprint density at radius 2 is 1.71 bits per heavy atom. The van der Waals surface area contributed by atoms with Gasteiger partial charge >= 0.3 is 8.25 Å². The van der Waals surface area contributed by atoms with Crippen molar-refractivity contribution in [2.75, 3.05) is 13.3 Å². The Morgan fingerprint density at radius 1 is 1.07 bits per heavy atom. The van der Waals surface area contributed by atoms with E-state index in [-0.39, 0.29) is 6.73 Å². The molecule has 0 aliphatic rings. The monoisotopic (exact) mass is 223 g/mol. The first-order chi connectivity index (χ1) is 6.81. The molecule has 86 valence electrons. The van der Waals surface area contributed by atoms with Crippen LogP contribution in [0.2, 0.25) is 0 Å². The van der Waals surface area contributed by atoms with Gasteiger partial charge in [-0.3, -0.25) is 9.09 Å². The molecule has 1 atom stereocenters. The summed E-state index contributed by atoms with van der Waals surface area (Å²) in [5, 5.41) is 0. The Labute approximate surface area is 87.1 Å². The first-order valence-electron chi connectivity index (χ1n) is 5.31. The summed E-state index contributed by atoms with van der Waals surface area (Å²) in [5.74, 6) is 0. The van der Waals surface area contributed by atoms with E-state index in [9.17, 15) is 4.57 Å². The molecule has 0 aromatic rings. The molecule has 0 fully saturated rings. The van der Waals surface area contributed by atoms with Crippen molar-refractivity contribution in [1.82, 2.24) is 0 Å². The fraction of sp³-hybridized carbons (Fsp3) is 1.00. The van der Waals surface area contributed by atoms with E-state index in [1.54, 1.807) is 0 Å². The minimum Gasteiger partial charge on any atom is -0.311 e. The van der Waals surface area contributed by atoms with Gasteiger partial charge in [0.1, 0.15) is 6.73 Å². The van der Waals surface area contributed by atoms with E-state index in [0.717, 1.165) is 12.8 Å². The molecule has 0 bridgehead atoms. The van der Waals surface area contributed by atoms with E-state index < -0.39 is 8.25 Å². The third-order valence-corrected chi connectivity index (χ3v) is 2.76. The molecule has 14 heavy (non-hydrogen) atoms. The van der Waals surface area contributed by atoms with Crippen molar-refractivity contribution in [3.05, 3.63) is 0 Å². The Kier molecular flexibility index (Phi) is 11.3. The highest BCUT2D eigenvalue weighted by Crippen LogP contribution is 2.22. The van der Waals surface area contributed by atoms with Crippen molar-refractivity contribution in [3.8, 4) is 0 Å². The second-order valence-corrected chi connectivity index (χ2v) is 4.25. The maximum atomic E-state index is 10.8. The average molecular weight is 223 g/mol. The molecule has 0 spiro atoms. The second-order valence-electron chi connectivity index (χ2n) is 3.18. The van der Waals surface area contributed by atoms with Crippen LogP contribution in [-0.4, -0.2) is 13.3 Å². The summed E-state index contributed by atoms with van der Waals surface area (Å²) >= 11 is 0. The Morgan fingerprint density at radius 3 is 2.36 bits per heavy atom. The van der Waals surface area contributed by atoms with Crippen LogP contribution in [0.3, 0.4) is 0 Å². The highest BCUT2D eigenvalue weighted by atomic mass is 31.1. The van der Waals surface area contributed by atoms with Crippen molar-refractivity contribution < 1.29 is 13.6 Å². The maximum absolute atomic E-state index is 10.8. The molecule has 2 N–H and O–H groups in total. The molecule has 0 saturated carbocycles. The fourth-order valence-corrected chi connectivity index (χ4v) is 1.68. The van der Waals surface area contributed by atoms with E-state index >= 15 is 0 Å². The molecule has 0 heterocycles. The fourth-order valence-electron chi connectivity index (χ4n) is 1.15. The van der Waals surface area contributed by atoms with E-state index in [1.807, 2.05) is 0 Å². The SMILES string of the molecule is CCCCCCCCO[PH](=O)OCN. The normalized spacial score (nSPS) is 13.0. The lowest BCUT2D eigenvalue weighted by atomic mass is 10.1. The Bertz CT molecular complexity index is 144. The van der Waals surface area contributed by atoms with Gasteiger partial charge < -0.3 is 10.3 Å². The first kappa shape index (κ1) is 14.1. The van der Waals surface area contributed by atoms with Crippen LogP contribution in [0.15, 0.2) is 0 Å². The smallest absolute Gasteiger partial charge is 0.311 e. The summed E-state index contributed by atoms with van der Waals surface area (Å²) in [6.45, 7) is 2.68. The van der Waals surface area contributed by atoms with Crippen molar-refractivity contribution >= 4 is 8.25 Å². The molecule has 0 radical (unpaired) electrons. The lowest BCUT2D eigenvalue weighted by Crippen LogP contribution is -1.99. The highest BCUT2D eigenvalue weighted by molar-refractivity contribution is 7.33. The van der Waals surface area contributed by atoms with Gasteiger partial charge in [-0.2, -0.15) is 0 Å². The molecule has 4 nitrogen and oxygen atoms in total.